The summed E-state index contributed by atoms with van der Waals surface area (Å²) >= 11 is 1.28. The standard InChI is InChI=1S/C31H31N3O7S/c1-31(2,3)17-14-15-20-22(16-17)42-29(23(20)30(37)40-4)32-27(35)24-25(19-12-8-9-13-21(19)34(38)39)33(41-26(24)28(32)36)18-10-6-5-7-11-18/h5-13,17,24-26H,14-16H2,1-4H3/t17-,24+,25-,26-/m1/s1. The molecule has 10 nitrogen and oxygen atoms in total. The number of anilines is 2. The molecule has 3 aromatic rings. The number of hydrogen-bond acceptors (Lipinski definition) is 9. The van der Waals surface area contributed by atoms with E-state index in [-0.39, 0.29) is 27.2 Å². The van der Waals surface area contributed by atoms with Crippen molar-refractivity contribution in [3.05, 3.63) is 86.3 Å². The number of amides is 2. The number of fused-ring (bicyclic) bond motifs is 2. The van der Waals surface area contributed by atoms with Crippen LogP contribution in [0.5, 0.6) is 0 Å². The molecule has 4 atom stereocenters. The lowest BCUT2D eigenvalue weighted by atomic mass is 9.72. The van der Waals surface area contributed by atoms with Crippen molar-refractivity contribution in [2.24, 2.45) is 17.3 Å². The Labute approximate surface area is 246 Å². The molecule has 2 aliphatic heterocycles. The van der Waals surface area contributed by atoms with Gasteiger partial charge >= 0.3 is 5.97 Å². The fourth-order valence-electron chi connectivity index (χ4n) is 6.41. The monoisotopic (exact) mass is 589 g/mol. The van der Waals surface area contributed by atoms with Gasteiger partial charge in [-0.25, -0.2) is 14.8 Å². The molecule has 2 amide bonds. The number of imide groups is 1. The molecular weight excluding hydrogens is 558 g/mol. The second kappa shape index (κ2) is 10.3. The Morgan fingerprint density at radius 1 is 1.07 bits per heavy atom. The number of carbonyl (C=O) groups excluding carboxylic acids is 3. The predicted octanol–water partition coefficient (Wildman–Crippen LogP) is 5.65. The number of thiophene rings is 1. The number of benzene rings is 2. The van der Waals surface area contributed by atoms with Gasteiger partial charge in [-0.1, -0.05) is 51.1 Å². The quantitative estimate of drug-likeness (QED) is 0.162. The van der Waals surface area contributed by atoms with Crippen molar-refractivity contribution in [1.29, 1.82) is 0 Å². The van der Waals surface area contributed by atoms with Crippen molar-refractivity contribution >= 4 is 45.5 Å². The number of carbonyl (C=O) groups is 3. The highest BCUT2D eigenvalue weighted by atomic mass is 32.1. The summed E-state index contributed by atoms with van der Waals surface area (Å²) in [5.41, 5.74) is 1.75. The van der Waals surface area contributed by atoms with E-state index in [4.69, 9.17) is 9.57 Å². The van der Waals surface area contributed by atoms with Crippen LogP contribution in [0, 0.1) is 27.4 Å². The van der Waals surface area contributed by atoms with Crippen molar-refractivity contribution in [3.8, 4) is 0 Å². The number of esters is 1. The van der Waals surface area contributed by atoms with Gasteiger partial charge in [-0.3, -0.25) is 24.5 Å². The van der Waals surface area contributed by atoms with Crippen LogP contribution in [0.2, 0.25) is 0 Å². The van der Waals surface area contributed by atoms with Crippen molar-refractivity contribution in [3.63, 3.8) is 0 Å². The fraction of sp³-hybridized carbons (Fsp3) is 0.387. The average molecular weight is 590 g/mol. The molecule has 2 fully saturated rings. The van der Waals surface area contributed by atoms with Gasteiger partial charge in [0.2, 0.25) is 5.91 Å². The van der Waals surface area contributed by atoms with E-state index >= 15 is 0 Å². The first-order valence-corrected chi connectivity index (χ1v) is 14.7. The number of nitro groups is 1. The van der Waals surface area contributed by atoms with Gasteiger partial charge in [-0.2, -0.15) is 0 Å². The maximum atomic E-state index is 14.3. The Morgan fingerprint density at radius 2 is 1.76 bits per heavy atom. The first-order valence-electron chi connectivity index (χ1n) is 13.9. The molecule has 0 radical (unpaired) electrons. The lowest BCUT2D eigenvalue weighted by molar-refractivity contribution is -0.385. The zero-order valence-electron chi connectivity index (χ0n) is 23.7. The molecule has 0 bridgehead atoms. The summed E-state index contributed by atoms with van der Waals surface area (Å²) in [4.78, 5) is 61.2. The highest BCUT2D eigenvalue weighted by molar-refractivity contribution is 7.17. The summed E-state index contributed by atoms with van der Waals surface area (Å²) in [5, 5.41) is 13.7. The van der Waals surface area contributed by atoms with Gasteiger partial charge in [0.25, 0.3) is 11.6 Å². The van der Waals surface area contributed by atoms with Crippen LogP contribution < -0.4 is 9.96 Å². The molecule has 1 aliphatic carbocycles. The van der Waals surface area contributed by atoms with E-state index < -0.39 is 40.8 Å². The minimum atomic E-state index is -1.23. The third-order valence-corrected chi connectivity index (χ3v) is 9.88. The van der Waals surface area contributed by atoms with Crippen LogP contribution in [0.1, 0.15) is 59.6 Å². The summed E-state index contributed by atoms with van der Waals surface area (Å²) in [5.74, 6) is -2.48. The summed E-state index contributed by atoms with van der Waals surface area (Å²) < 4.78 is 5.13. The van der Waals surface area contributed by atoms with Gasteiger partial charge in [0.1, 0.15) is 17.0 Å². The number of para-hydroxylation sites is 2. The average Bonchev–Trinajstić information content (AvgIpc) is 3.62. The number of nitro benzene ring substituents is 1. The van der Waals surface area contributed by atoms with Gasteiger partial charge in [0, 0.05) is 10.9 Å². The maximum absolute atomic E-state index is 14.3. The minimum absolute atomic E-state index is 0.0515. The van der Waals surface area contributed by atoms with Crippen LogP contribution in [0.25, 0.3) is 0 Å². The Bertz CT molecular complexity index is 1600. The molecular formula is C31H31N3O7S. The second-order valence-corrected chi connectivity index (χ2v) is 13.1. The number of nitrogens with zero attached hydrogens (tertiary/aromatic N) is 3. The zero-order valence-corrected chi connectivity index (χ0v) is 24.6. The Hall–Kier alpha value is -4.09. The van der Waals surface area contributed by atoms with Gasteiger partial charge in [0.15, 0.2) is 6.10 Å². The summed E-state index contributed by atoms with van der Waals surface area (Å²) in [6.45, 7) is 6.56. The predicted molar refractivity (Wildman–Crippen MR) is 156 cm³/mol. The summed E-state index contributed by atoms with van der Waals surface area (Å²) in [6, 6.07) is 14.1. The molecule has 218 valence electrons. The van der Waals surface area contributed by atoms with E-state index in [1.165, 1.54) is 29.6 Å². The van der Waals surface area contributed by atoms with Crippen LogP contribution in [-0.2, 0) is 32.0 Å². The first kappa shape index (κ1) is 28.0. The van der Waals surface area contributed by atoms with Crippen LogP contribution in [0.4, 0.5) is 16.4 Å². The Morgan fingerprint density at radius 3 is 2.43 bits per heavy atom. The fourth-order valence-corrected chi connectivity index (χ4v) is 7.84. The molecule has 0 spiro atoms. The van der Waals surface area contributed by atoms with Crippen molar-refractivity contribution in [2.45, 2.75) is 52.2 Å². The van der Waals surface area contributed by atoms with Gasteiger partial charge in [-0.05, 0) is 54.4 Å². The molecule has 2 saturated heterocycles. The van der Waals surface area contributed by atoms with Crippen molar-refractivity contribution < 1.29 is 28.9 Å². The summed E-state index contributed by atoms with van der Waals surface area (Å²) in [7, 11) is 1.28. The topological polar surface area (TPSA) is 119 Å². The molecule has 0 saturated carbocycles. The third kappa shape index (κ3) is 4.38. The largest absolute Gasteiger partial charge is 0.465 e. The van der Waals surface area contributed by atoms with E-state index in [9.17, 15) is 24.5 Å². The van der Waals surface area contributed by atoms with E-state index in [1.807, 2.05) is 6.07 Å². The van der Waals surface area contributed by atoms with E-state index in [2.05, 4.69) is 20.8 Å². The SMILES string of the molecule is COC(=O)c1c(N2C(=O)[C@H]3[C@@H](c4ccccc4[N+](=O)[O-])N(c4ccccc4)O[C@H]3C2=O)sc2c1CC[C@@H](C(C)(C)C)C2. The van der Waals surface area contributed by atoms with Crippen LogP contribution in [0.15, 0.2) is 54.6 Å². The second-order valence-electron chi connectivity index (χ2n) is 12.0. The normalized spacial score (nSPS) is 23.6. The lowest BCUT2D eigenvalue weighted by Gasteiger charge is -2.33. The third-order valence-electron chi connectivity index (χ3n) is 8.64. The molecule has 6 rings (SSSR count). The number of rotatable bonds is 5. The molecule has 3 heterocycles. The highest BCUT2D eigenvalue weighted by Gasteiger charge is 2.62. The lowest BCUT2D eigenvalue weighted by Crippen LogP contribution is -2.37. The maximum Gasteiger partial charge on any atom is 0.341 e. The molecule has 11 heteroatoms. The van der Waals surface area contributed by atoms with E-state index in [0.717, 1.165) is 28.2 Å². The summed E-state index contributed by atoms with van der Waals surface area (Å²) in [6.07, 6.45) is 1.01. The number of hydrogen-bond donors (Lipinski definition) is 0. The molecule has 0 unspecified atom stereocenters. The van der Waals surface area contributed by atoms with E-state index in [1.54, 1.807) is 42.5 Å². The highest BCUT2D eigenvalue weighted by Crippen LogP contribution is 2.52. The number of methoxy groups -OCH3 is 1. The van der Waals surface area contributed by atoms with E-state index in [0.29, 0.717) is 18.0 Å². The molecule has 2 aromatic carbocycles. The van der Waals surface area contributed by atoms with Crippen LogP contribution in [-0.4, -0.2) is 35.9 Å². The Balaban J connectivity index is 1.46. The zero-order chi connectivity index (χ0) is 29.9. The van der Waals surface area contributed by atoms with Gasteiger partial charge in [-0.15, -0.1) is 11.3 Å². The van der Waals surface area contributed by atoms with Gasteiger partial charge in [0.05, 0.1) is 28.8 Å². The molecule has 1 aromatic heterocycles. The first-order chi connectivity index (χ1) is 20.0. The molecule has 42 heavy (non-hydrogen) atoms. The van der Waals surface area contributed by atoms with Crippen molar-refractivity contribution in [1.82, 2.24) is 0 Å². The number of hydroxylamine groups is 1. The minimum Gasteiger partial charge on any atom is -0.465 e. The van der Waals surface area contributed by atoms with Gasteiger partial charge < -0.3 is 4.74 Å². The Kier molecular flexibility index (Phi) is 6.89. The molecule has 3 aliphatic rings. The number of ether oxygens (including phenoxy) is 1. The van der Waals surface area contributed by atoms with Crippen LogP contribution >= 0.6 is 11.3 Å². The van der Waals surface area contributed by atoms with Crippen molar-refractivity contribution in [2.75, 3.05) is 17.1 Å². The molecule has 0 N–H and O–H groups in total. The van der Waals surface area contributed by atoms with Crippen LogP contribution in [0.3, 0.4) is 0 Å². The smallest absolute Gasteiger partial charge is 0.341 e.